The molecule has 0 aliphatic carbocycles. The van der Waals surface area contributed by atoms with Crippen LogP contribution in [-0.2, 0) is 11.2 Å². The first-order chi connectivity index (χ1) is 9.81. The Balaban J connectivity index is 2.15. The number of hydrogen-bond donors (Lipinski definition) is 1. The molecule has 1 aromatic carbocycles. The van der Waals surface area contributed by atoms with Crippen LogP contribution in [0.25, 0.3) is 0 Å². The Hall–Kier alpha value is -1.35. The van der Waals surface area contributed by atoms with Crippen molar-refractivity contribution in [3.8, 4) is 0 Å². The molecule has 116 valence electrons. The highest BCUT2D eigenvalue weighted by Gasteiger charge is 2.34. The van der Waals surface area contributed by atoms with Gasteiger partial charge >= 0.3 is 0 Å². The minimum Gasteiger partial charge on any atom is -0.340 e. The molecule has 1 fully saturated rings. The van der Waals surface area contributed by atoms with Crippen LogP contribution in [0.1, 0.15) is 51.2 Å². The molecule has 21 heavy (non-hydrogen) atoms. The number of benzene rings is 1. The molecule has 1 aliphatic rings. The van der Waals surface area contributed by atoms with E-state index >= 15 is 0 Å². The predicted octanol–water partition coefficient (Wildman–Crippen LogP) is 2.94. The molecular weight excluding hydrogens is 260 g/mol. The number of nitrogens with two attached hydrogens (primary N) is 1. The first-order valence-electron chi connectivity index (χ1n) is 7.95. The van der Waals surface area contributed by atoms with Gasteiger partial charge in [0.05, 0.1) is 0 Å². The molecule has 3 nitrogen and oxygen atoms in total. The first kappa shape index (κ1) is 16.0. The van der Waals surface area contributed by atoms with Crippen molar-refractivity contribution in [2.45, 2.75) is 52.5 Å². The van der Waals surface area contributed by atoms with Gasteiger partial charge in [0.15, 0.2) is 0 Å². The SMILES string of the molecule is CCc1ccc(C2CC(N)CN(C(=O)C(C)(C)C)C2)cc1. The molecule has 3 heteroatoms. The Morgan fingerprint density at radius 3 is 2.38 bits per heavy atom. The molecule has 2 unspecified atom stereocenters. The smallest absolute Gasteiger partial charge is 0.228 e. The molecule has 2 N–H and O–H groups in total. The molecule has 2 rings (SSSR count). The Bertz CT molecular complexity index is 487. The number of rotatable bonds is 2. The van der Waals surface area contributed by atoms with Gasteiger partial charge in [-0.15, -0.1) is 0 Å². The van der Waals surface area contributed by atoms with Crippen molar-refractivity contribution in [2.75, 3.05) is 13.1 Å². The van der Waals surface area contributed by atoms with Crippen LogP contribution in [0.2, 0.25) is 0 Å². The largest absolute Gasteiger partial charge is 0.340 e. The fourth-order valence-electron chi connectivity index (χ4n) is 3.05. The number of carbonyl (C=O) groups excluding carboxylic acids is 1. The molecule has 0 spiro atoms. The van der Waals surface area contributed by atoms with Gasteiger partial charge in [-0.05, 0) is 24.0 Å². The zero-order valence-electron chi connectivity index (χ0n) is 13.7. The summed E-state index contributed by atoms with van der Waals surface area (Å²) >= 11 is 0. The second kappa shape index (κ2) is 6.18. The highest BCUT2D eigenvalue weighted by atomic mass is 16.2. The van der Waals surface area contributed by atoms with E-state index in [9.17, 15) is 4.79 Å². The van der Waals surface area contributed by atoms with Crippen LogP contribution in [0, 0.1) is 5.41 Å². The third kappa shape index (κ3) is 3.85. The number of nitrogens with zero attached hydrogens (tertiary/aromatic N) is 1. The summed E-state index contributed by atoms with van der Waals surface area (Å²) in [6.07, 6.45) is 2.01. The van der Waals surface area contributed by atoms with Gasteiger partial charge in [-0.1, -0.05) is 52.0 Å². The van der Waals surface area contributed by atoms with E-state index in [-0.39, 0.29) is 17.4 Å². The number of likely N-dealkylation sites (tertiary alicyclic amines) is 1. The van der Waals surface area contributed by atoms with Crippen LogP contribution in [0.3, 0.4) is 0 Å². The van der Waals surface area contributed by atoms with Gasteiger partial charge in [-0.3, -0.25) is 4.79 Å². The Kier molecular flexibility index (Phi) is 4.72. The van der Waals surface area contributed by atoms with Crippen molar-refractivity contribution in [1.82, 2.24) is 4.90 Å². The second-order valence-electron chi connectivity index (χ2n) is 7.25. The van der Waals surface area contributed by atoms with Crippen LogP contribution in [-0.4, -0.2) is 29.9 Å². The minimum atomic E-state index is -0.340. The minimum absolute atomic E-state index is 0.0703. The summed E-state index contributed by atoms with van der Waals surface area (Å²) in [7, 11) is 0. The van der Waals surface area contributed by atoms with E-state index in [4.69, 9.17) is 5.73 Å². The van der Waals surface area contributed by atoms with Crippen LogP contribution in [0.15, 0.2) is 24.3 Å². The fourth-order valence-corrected chi connectivity index (χ4v) is 3.05. The summed E-state index contributed by atoms with van der Waals surface area (Å²) in [6, 6.07) is 8.83. The van der Waals surface area contributed by atoms with Gasteiger partial charge in [0.25, 0.3) is 0 Å². The average molecular weight is 288 g/mol. The van der Waals surface area contributed by atoms with Crippen molar-refractivity contribution < 1.29 is 4.79 Å². The molecule has 1 heterocycles. The van der Waals surface area contributed by atoms with Gasteiger partial charge in [0.2, 0.25) is 5.91 Å². The summed E-state index contributed by atoms with van der Waals surface area (Å²) < 4.78 is 0. The first-order valence-corrected chi connectivity index (χ1v) is 7.95. The molecule has 0 bridgehead atoms. The van der Waals surface area contributed by atoms with Crippen LogP contribution < -0.4 is 5.73 Å². The lowest BCUT2D eigenvalue weighted by atomic mass is 9.86. The fraction of sp³-hybridized carbons (Fsp3) is 0.611. The second-order valence-corrected chi connectivity index (χ2v) is 7.25. The van der Waals surface area contributed by atoms with Crippen molar-refractivity contribution >= 4 is 5.91 Å². The Morgan fingerprint density at radius 2 is 1.86 bits per heavy atom. The maximum Gasteiger partial charge on any atom is 0.228 e. The number of amides is 1. The normalized spacial score (nSPS) is 23.2. The van der Waals surface area contributed by atoms with Gasteiger partial charge in [-0.25, -0.2) is 0 Å². The van der Waals surface area contributed by atoms with Crippen molar-refractivity contribution in [1.29, 1.82) is 0 Å². The van der Waals surface area contributed by atoms with Crippen LogP contribution in [0.5, 0.6) is 0 Å². The number of aryl methyl sites for hydroxylation is 1. The average Bonchev–Trinajstić information content (AvgIpc) is 2.45. The lowest BCUT2D eigenvalue weighted by Gasteiger charge is -2.39. The van der Waals surface area contributed by atoms with Crippen molar-refractivity contribution in [2.24, 2.45) is 11.1 Å². The van der Waals surface area contributed by atoms with Crippen LogP contribution in [0.4, 0.5) is 0 Å². The van der Waals surface area contributed by atoms with Gasteiger partial charge in [-0.2, -0.15) is 0 Å². The van der Waals surface area contributed by atoms with E-state index in [0.29, 0.717) is 12.5 Å². The molecule has 0 radical (unpaired) electrons. The van der Waals surface area contributed by atoms with E-state index in [0.717, 1.165) is 19.4 Å². The van der Waals surface area contributed by atoms with E-state index in [1.54, 1.807) is 0 Å². The Morgan fingerprint density at radius 1 is 1.24 bits per heavy atom. The monoisotopic (exact) mass is 288 g/mol. The zero-order valence-corrected chi connectivity index (χ0v) is 13.7. The third-order valence-corrected chi connectivity index (χ3v) is 4.27. The molecule has 2 atom stereocenters. The Labute approximate surface area is 128 Å². The molecular formula is C18H28N2O. The van der Waals surface area contributed by atoms with Crippen molar-refractivity contribution in [3.63, 3.8) is 0 Å². The molecule has 1 aromatic rings. The maximum absolute atomic E-state index is 12.5. The number of piperidine rings is 1. The van der Waals surface area contributed by atoms with Crippen LogP contribution >= 0.6 is 0 Å². The quantitative estimate of drug-likeness (QED) is 0.909. The summed E-state index contributed by atoms with van der Waals surface area (Å²) in [4.78, 5) is 14.5. The number of carbonyl (C=O) groups is 1. The molecule has 1 amide bonds. The van der Waals surface area contributed by atoms with Gasteiger partial charge < -0.3 is 10.6 Å². The highest BCUT2D eigenvalue weighted by molar-refractivity contribution is 5.81. The number of hydrogen-bond acceptors (Lipinski definition) is 2. The summed E-state index contributed by atoms with van der Waals surface area (Å²) in [5.74, 6) is 0.554. The highest BCUT2D eigenvalue weighted by Crippen LogP contribution is 2.29. The zero-order chi connectivity index (χ0) is 15.6. The summed E-state index contributed by atoms with van der Waals surface area (Å²) in [5.41, 5.74) is 8.51. The molecule has 0 aromatic heterocycles. The molecule has 0 saturated carbocycles. The molecule has 1 saturated heterocycles. The van der Waals surface area contributed by atoms with E-state index in [2.05, 4.69) is 31.2 Å². The standard InChI is InChI=1S/C18H28N2O/c1-5-13-6-8-14(9-7-13)15-10-16(19)12-20(11-15)17(21)18(2,3)4/h6-9,15-16H,5,10-12,19H2,1-4H3. The van der Waals surface area contributed by atoms with Gasteiger partial charge in [0, 0.05) is 30.5 Å². The van der Waals surface area contributed by atoms with Gasteiger partial charge in [0.1, 0.15) is 0 Å². The lowest BCUT2D eigenvalue weighted by Crippen LogP contribution is -2.51. The maximum atomic E-state index is 12.5. The van der Waals surface area contributed by atoms with E-state index in [1.807, 2.05) is 25.7 Å². The lowest BCUT2D eigenvalue weighted by molar-refractivity contribution is -0.141. The third-order valence-electron chi connectivity index (χ3n) is 4.27. The summed E-state index contributed by atoms with van der Waals surface area (Å²) in [6.45, 7) is 9.55. The predicted molar refractivity (Wildman–Crippen MR) is 87.2 cm³/mol. The topological polar surface area (TPSA) is 46.3 Å². The molecule has 1 aliphatic heterocycles. The van der Waals surface area contributed by atoms with E-state index < -0.39 is 0 Å². The summed E-state index contributed by atoms with van der Waals surface area (Å²) in [5, 5.41) is 0. The van der Waals surface area contributed by atoms with E-state index in [1.165, 1.54) is 11.1 Å². The van der Waals surface area contributed by atoms with Crippen molar-refractivity contribution in [3.05, 3.63) is 35.4 Å².